The van der Waals surface area contributed by atoms with Crippen LogP contribution >= 0.6 is 11.8 Å². The first kappa shape index (κ1) is 22.3. The Bertz CT molecular complexity index is 1060. The summed E-state index contributed by atoms with van der Waals surface area (Å²) in [6.45, 7) is 8.48. The van der Waals surface area contributed by atoms with Crippen LogP contribution in [0.15, 0.2) is 35.7 Å². The molecule has 0 spiro atoms. The van der Waals surface area contributed by atoms with E-state index in [-0.39, 0.29) is 5.41 Å². The minimum Gasteiger partial charge on any atom is -0.444 e. The number of fused-ring (bicyclic) bond motifs is 1. The predicted molar refractivity (Wildman–Crippen MR) is 122 cm³/mol. The molecule has 3 N–H and O–H groups in total. The quantitative estimate of drug-likeness (QED) is 0.704. The van der Waals surface area contributed by atoms with Gasteiger partial charge in [0.2, 0.25) is 5.95 Å². The van der Waals surface area contributed by atoms with Crippen molar-refractivity contribution in [3.05, 3.63) is 42.2 Å². The Morgan fingerprint density at radius 2 is 2.00 bits per heavy atom. The van der Waals surface area contributed by atoms with Crippen molar-refractivity contribution in [2.75, 3.05) is 29.5 Å². The number of thioether (sulfide) groups is 1. The maximum Gasteiger partial charge on any atom is 0.413 e. The monoisotopic (exact) mass is 459 g/mol. The van der Waals surface area contributed by atoms with E-state index in [4.69, 9.17) is 15.5 Å². The lowest BCUT2D eigenvalue weighted by atomic mass is 9.72. The third-order valence-electron chi connectivity index (χ3n) is 5.48. The van der Waals surface area contributed by atoms with Gasteiger partial charge in [-0.25, -0.2) is 24.1 Å². The third-order valence-corrected chi connectivity index (χ3v) is 6.73. The number of nitrogen functional groups attached to an aromatic ring is 1. The molecule has 9 nitrogen and oxygen atoms in total. The average Bonchev–Trinajstić information content (AvgIpc) is 3.01. The molecule has 2 aromatic heterocycles. The molecule has 2 aliphatic rings. The number of halogens is 1. The van der Waals surface area contributed by atoms with E-state index >= 15 is 0 Å². The van der Waals surface area contributed by atoms with Crippen LogP contribution in [-0.4, -0.2) is 50.7 Å². The van der Waals surface area contributed by atoms with Crippen LogP contribution in [0, 0.1) is 11.2 Å². The van der Waals surface area contributed by atoms with Gasteiger partial charge in [-0.2, -0.15) is 0 Å². The van der Waals surface area contributed by atoms with Gasteiger partial charge in [0, 0.05) is 29.6 Å². The Kier molecular flexibility index (Phi) is 5.48. The van der Waals surface area contributed by atoms with Crippen molar-refractivity contribution in [1.82, 2.24) is 20.3 Å². The number of amides is 1. The highest BCUT2D eigenvalue weighted by Crippen LogP contribution is 2.53. The van der Waals surface area contributed by atoms with Crippen molar-refractivity contribution >= 4 is 34.7 Å². The van der Waals surface area contributed by atoms with Crippen LogP contribution in [0.1, 0.15) is 33.4 Å². The van der Waals surface area contributed by atoms with Crippen molar-refractivity contribution in [3.8, 4) is 0 Å². The zero-order valence-corrected chi connectivity index (χ0v) is 19.2. The molecule has 4 rings (SSSR count). The molecule has 0 radical (unpaired) electrons. The highest BCUT2D eigenvalue weighted by Gasteiger charge is 2.60. The molecule has 0 aliphatic carbocycles. The number of aromatic nitrogens is 3. The maximum absolute atomic E-state index is 13.4. The van der Waals surface area contributed by atoms with Crippen LogP contribution in [0.2, 0.25) is 0 Å². The largest absolute Gasteiger partial charge is 0.444 e. The number of nitrogens with one attached hydrogen (secondary N) is 1. The van der Waals surface area contributed by atoms with Crippen molar-refractivity contribution in [2.45, 2.75) is 38.8 Å². The molecule has 1 amide bonds. The van der Waals surface area contributed by atoms with Gasteiger partial charge in [0.25, 0.3) is 0 Å². The predicted octanol–water partition coefficient (Wildman–Crippen LogP) is 2.94. The first-order valence-corrected chi connectivity index (χ1v) is 11.2. The molecule has 2 aromatic rings. The fourth-order valence-electron chi connectivity index (χ4n) is 4.03. The van der Waals surface area contributed by atoms with Gasteiger partial charge in [-0.05, 0) is 32.9 Å². The van der Waals surface area contributed by atoms with E-state index in [9.17, 15) is 9.18 Å². The highest BCUT2D eigenvalue weighted by atomic mass is 32.2. The molecular weight excluding hydrogens is 433 g/mol. The number of rotatable bonds is 2. The van der Waals surface area contributed by atoms with E-state index in [1.54, 1.807) is 39.1 Å². The van der Waals surface area contributed by atoms with Crippen molar-refractivity contribution in [3.63, 3.8) is 0 Å². The number of hydrogen-bond acceptors (Lipinski definition) is 9. The van der Waals surface area contributed by atoms with Gasteiger partial charge in [-0.3, -0.25) is 10.3 Å². The number of amidine groups is 1. The fraction of sp³-hybridized carbons (Fsp3) is 0.476. The maximum atomic E-state index is 13.4. The van der Waals surface area contributed by atoms with E-state index in [0.717, 1.165) is 12.4 Å². The van der Waals surface area contributed by atoms with Crippen LogP contribution < -0.4 is 16.0 Å². The lowest BCUT2D eigenvalue weighted by Crippen LogP contribution is -2.49. The number of carbonyl (C=O) groups is 1. The van der Waals surface area contributed by atoms with Gasteiger partial charge in [0.1, 0.15) is 11.1 Å². The Balaban J connectivity index is 1.74. The average molecular weight is 460 g/mol. The summed E-state index contributed by atoms with van der Waals surface area (Å²) in [4.78, 5) is 32.2. The van der Waals surface area contributed by atoms with E-state index < -0.39 is 23.1 Å². The molecule has 0 bridgehead atoms. The topological polar surface area (TPSA) is 119 Å². The Morgan fingerprint density at radius 1 is 1.28 bits per heavy atom. The molecule has 0 saturated carbocycles. The van der Waals surface area contributed by atoms with Gasteiger partial charge in [-0.1, -0.05) is 18.7 Å². The summed E-state index contributed by atoms with van der Waals surface area (Å²) < 4.78 is 18.8. The fourth-order valence-corrected chi connectivity index (χ4v) is 5.19. The second-order valence-electron chi connectivity index (χ2n) is 9.29. The number of nitrogens with zero attached hydrogens (tertiary/aromatic N) is 5. The lowest BCUT2D eigenvalue weighted by Gasteiger charge is -2.42. The highest BCUT2D eigenvalue weighted by molar-refractivity contribution is 8.13. The lowest BCUT2D eigenvalue weighted by molar-refractivity contribution is 0.0563. The van der Waals surface area contributed by atoms with Gasteiger partial charge in [0.05, 0.1) is 24.6 Å². The van der Waals surface area contributed by atoms with Crippen molar-refractivity contribution < 1.29 is 13.9 Å². The number of pyridine rings is 1. The van der Waals surface area contributed by atoms with E-state index in [1.165, 1.54) is 11.8 Å². The zero-order chi connectivity index (χ0) is 23.1. The second kappa shape index (κ2) is 7.88. The molecule has 11 heteroatoms. The summed E-state index contributed by atoms with van der Waals surface area (Å²) >= 11 is 1.44. The van der Waals surface area contributed by atoms with Gasteiger partial charge in [-0.15, -0.1) is 0 Å². The number of ether oxygens (including phenoxy) is 1. The Morgan fingerprint density at radius 3 is 2.66 bits per heavy atom. The normalized spacial score (nSPS) is 25.2. The number of nitrogens with two attached hydrogens (primary N) is 1. The summed E-state index contributed by atoms with van der Waals surface area (Å²) in [7, 11) is 0. The Hall–Kier alpha value is -2.95. The molecule has 1 saturated heterocycles. The molecule has 2 aliphatic heterocycles. The van der Waals surface area contributed by atoms with Crippen LogP contribution in [0.5, 0.6) is 0 Å². The van der Waals surface area contributed by atoms with Crippen LogP contribution in [0.3, 0.4) is 0 Å². The summed E-state index contributed by atoms with van der Waals surface area (Å²) in [5.41, 5.74) is 5.50. The molecule has 0 aromatic carbocycles. The summed E-state index contributed by atoms with van der Waals surface area (Å²) in [6, 6.07) is 3.52. The van der Waals surface area contributed by atoms with Crippen LogP contribution in [0.25, 0.3) is 0 Å². The minimum atomic E-state index is -0.824. The standard InChI is InChI=1S/C21H26FN7O2S/c1-19(2,3)31-18(30)27-17-28-21(15-7-14(23)5-6-24-15)11-29(10-20(21,4)12-32-17)16-25-8-13(22)9-26-16/h5-9H,10-12H2,1-4H3,(H2,23,24)(H,27,28,30)/t20-,21+/m0/s1. The van der Waals surface area contributed by atoms with Gasteiger partial charge >= 0.3 is 6.09 Å². The molecule has 170 valence electrons. The van der Waals surface area contributed by atoms with Gasteiger partial charge < -0.3 is 15.4 Å². The van der Waals surface area contributed by atoms with Crippen molar-refractivity contribution in [2.24, 2.45) is 10.4 Å². The number of carbonyl (C=O) groups excluding carboxylic acids is 1. The summed E-state index contributed by atoms with van der Waals surface area (Å²) in [6.07, 6.45) is 3.37. The first-order valence-electron chi connectivity index (χ1n) is 10.2. The van der Waals surface area contributed by atoms with Gasteiger partial charge in [0.15, 0.2) is 11.0 Å². The van der Waals surface area contributed by atoms with Crippen LogP contribution in [-0.2, 0) is 10.3 Å². The number of anilines is 2. The second-order valence-corrected chi connectivity index (χ2v) is 10.2. The minimum absolute atomic E-state index is 0.380. The van der Waals surface area contributed by atoms with E-state index in [1.807, 2.05) is 4.90 Å². The first-order chi connectivity index (χ1) is 15.0. The van der Waals surface area contributed by atoms with E-state index in [0.29, 0.717) is 41.3 Å². The third kappa shape index (κ3) is 4.21. The Labute approximate surface area is 190 Å². The number of aliphatic imine (C=N–C) groups is 1. The number of alkyl carbamates (subject to hydrolysis) is 1. The zero-order valence-electron chi connectivity index (χ0n) is 18.4. The molecule has 2 atom stereocenters. The number of hydrogen-bond donors (Lipinski definition) is 2. The van der Waals surface area contributed by atoms with E-state index in [2.05, 4.69) is 27.2 Å². The summed E-state index contributed by atoms with van der Waals surface area (Å²) in [5, 5.41) is 3.22. The van der Waals surface area contributed by atoms with Crippen LogP contribution in [0.4, 0.5) is 20.8 Å². The summed E-state index contributed by atoms with van der Waals surface area (Å²) in [5.74, 6) is 0.559. The smallest absolute Gasteiger partial charge is 0.413 e. The molecule has 0 unspecified atom stereocenters. The molecule has 4 heterocycles. The SMILES string of the molecule is CC(C)(C)OC(=O)NC1=N[C@@]2(c3cc(N)ccn3)CN(c3ncc(F)cn3)C[C@@]2(C)CS1. The molecular formula is C21H26FN7O2S. The molecule has 32 heavy (non-hydrogen) atoms. The molecule has 1 fully saturated rings. The van der Waals surface area contributed by atoms with Crippen molar-refractivity contribution in [1.29, 1.82) is 0 Å².